The second-order valence-electron chi connectivity index (χ2n) is 5.18. The molecule has 0 saturated heterocycles. The first kappa shape index (κ1) is 13.6. The van der Waals surface area contributed by atoms with Crippen LogP contribution in [-0.4, -0.2) is 19.6 Å². The summed E-state index contributed by atoms with van der Waals surface area (Å²) in [5.74, 6) is 0.759. The summed E-state index contributed by atoms with van der Waals surface area (Å²) in [6, 6.07) is 13.3. The fourth-order valence-corrected chi connectivity index (χ4v) is 2.65. The van der Waals surface area contributed by atoms with Crippen molar-refractivity contribution in [3.05, 3.63) is 64.7 Å². The summed E-state index contributed by atoms with van der Waals surface area (Å²) in [6.45, 7) is 0.702. The number of ether oxygens (including phenoxy) is 1. The first-order valence-corrected chi connectivity index (χ1v) is 6.99. The lowest BCUT2D eigenvalue weighted by molar-refractivity contribution is 0.0946. The molecule has 4 nitrogen and oxygen atoms in total. The summed E-state index contributed by atoms with van der Waals surface area (Å²) in [5, 5.41) is 2.86. The number of hydrogen-bond acceptors (Lipinski definition) is 3. The number of rotatable bonds is 3. The van der Waals surface area contributed by atoms with Gasteiger partial charge < -0.3 is 15.8 Å². The van der Waals surface area contributed by atoms with Crippen LogP contribution in [0.4, 0.5) is 0 Å². The number of nitrogens with two attached hydrogens (primary N) is 1. The Labute approximate surface area is 123 Å². The summed E-state index contributed by atoms with van der Waals surface area (Å²) < 4.78 is 5.23. The number of carbonyl (C=O) groups excluding carboxylic acids is 1. The van der Waals surface area contributed by atoms with E-state index in [0.717, 1.165) is 34.4 Å². The largest absolute Gasteiger partial charge is 0.497 e. The Morgan fingerprint density at radius 1 is 1.19 bits per heavy atom. The molecule has 21 heavy (non-hydrogen) atoms. The van der Waals surface area contributed by atoms with Crippen LogP contribution in [0.5, 0.6) is 5.75 Å². The molecule has 0 aromatic heterocycles. The fourth-order valence-electron chi connectivity index (χ4n) is 2.65. The van der Waals surface area contributed by atoms with Crippen molar-refractivity contribution >= 4 is 5.91 Å². The molecule has 3 N–H and O–H groups in total. The van der Waals surface area contributed by atoms with E-state index in [1.807, 2.05) is 42.5 Å². The number of fused-ring (bicyclic) bond motifs is 1. The maximum absolute atomic E-state index is 11.9. The zero-order valence-corrected chi connectivity index (χ0v) is 11.9. The van der Waals surface area contributed by atoms with Crippen LogP contribution in [0.25, 0.3) is 0 Å². The zero-order chi connectivity index (χ0) is 14.8. The SMILES string of the molecule is COc1cccc(C(N)c2ccc3c(c2)C(=O)NCC3)c1. The van der Waals surface area contributed by atoms with Gasteiger partial charge in [-0.15, -0.1) is 0 Å². The lowest BCUT2D eigenvalue weighted by Gasteiger charge is -2.20. The van der Waals surface area contributed by atoms with Gasteiger partial charge in [0.15, 0.2) is 0 Å². The topological polar surface area (TPSA) is 64.3 Å². The van der Waals surface area contributed by atoms with E-state index in [-0.39, 0.29) is 11.9 Å². The average Bonchev–Trinajstić information content (AvgIpc) is 2.54. The Hall–Kier alpha value is -2.33. The van der Waals surface area contributed by atoms with E-state index in [4.69, 9.17) is 10.5 Å². The number of nitrogens with one attached hydrogen (secondary N) is 1. The number of amides is 1. The predicted octanol–water partition coefficient (Wildman–Crippen LogP) is 2.03. The predicted molar refractivity (Wildman–Crippen MR) is 81.5 cm³/mol. The highest BCUT2D eigenvalue weighted by molar-refractivity contribution is 5.96. The quantitative estimate of drug-likeness (QED) is 0.905. The van der Waals surface area contributed by atoms with E-state index in [0.29, 0.717) is 6.54 Å². The van der Waals surface area contributed by atoms with Crippen LogP contribution in [-0.2, 0) is 6.42 Å². The van der Waals surface area contributed by atoms with Crippen molar-refractivity contribution in [3.63, 3.8) is 0 Å². The number of carbonyl (C=O) groups is 1. The third kappa shape index (κ3) is 2.62. The van der Waals surface area contributed by atoms with Gasteiger partial charge in [-0.05, 0) is 41.3 Å². The standard InChI is InChI=1S/C17H18N2O2/c1-21-14-4-2-3-12(9-14)16(18)13-6-5-11-7-8-19-17(20)15(11)10-13/h2-6,9-10,16H,7-8,18H2,1H3,(H,19,20). The van der Waals surface area contributed by atoms with Crippen molar-refractivity contribution in [1.29, 1.82) is 0 Å². The van der Waals surface area contributed by atoms with E-state index in [2.05, 4.69) is 5.32 Å². The molecule has 4 heteroatoms. The van der Waals surface area contributed by atoms with Crippen LogP contribution in [0.3, 0.4) is 0 Å². The molecular weight excluding hydrogens is 264 g/mol. The Bertz CT molecular complexity index is 682. The molecule has 1 atom stereocenters. The summed E-state index contributed by atoms with van der Waals surface area (Å²) in [5.41, 5.74) is 10.0. The van der Waals surface area contributed by atoms with Crippen LogP contribution in [0.2, 0.25) is 0 Å². The highest BCUT2D eigenvalue weighted by atomic mass is 16.5. The van der Waals surface area contributed by atoms with Crippen molar-refractivity contribution in [2.45, 2.75) is 12.5 Å². The first-order valence-electron chi connectivity index (χ1n) is 6.99. The number of methoxy groups -OCH3 is 1. The van der Waals surface area contributed by atoms with Crippen molar-refractivity contribution in [2.24, 2.45) is 5.73 Å². The van der Waals surface area contributed by atoms with E-state index in [1.165, 1.54) is 0 Å². The maximum atomic E-state index is 11.9. The van der Waals surface area contributed by atoms with Gasteiger partial charge in [0.25, 0.3) is 5.91 Å². The summed E-state index contributed by atoms with van der Waals surface area (Å²) in [7, 11) is 1.63. The monoisotopic (exact) mass is 282 g/mol. The summed E-state index contributed by atoms with van der Waals surface area (Å²) >= 11 is 0. The fraction of sp³-hybridized carbons (Fsp3) is 0.235. The second kappa shape index (κ2) is 5.58. The van der Waals surface area contributed by atoms with Crippen LogP contribution in [0, 0.1) is 0 Å². The van der Waals surface area contributed by atoms with Crippen LogP contribution < -0.4 is 15.8 Å². The molecule has 1 unspecified atom stereocenters. The molecule has 108 valence electrons. The van der Waals surface area contributed by atoms with Gasteiger partial charge >= 0.3 is 0 Å². The van der Waals surface area contributed by atoms with Gasteiger partial charge in [0.05, 0.1) is 13.2 Å². The minimum Gasteiger partial charge on any atom is -0.497 e. The molecular formula is C17H18N2O2. The van der Waals surface area contributed by atoms with Crippen LogP contribution >= 0.6 is 0 Å². The lowest BCUT2D eigenvalue weighted by Crippen LogP contribution is -2.32. The number of benzene rings is 2. The minimum atomic E-state index is -0.278. The van der Waals surface area contributed by atoms with Gasteiger partial charge in [-0.2, -0.15) is 0 Å². The molecule has 0 saturated carbocycles. The van der Waals surface area contributed by atoms with Crippen molar-refractivity contribution in [3.8, 4) is 5.75 Å². The third-order valence-corrected chi connectivity index (χ3v) is 3.87. The molecule has 1 heterocycles. The van der Waals surface area contributed by atoms with Gasteiger partial charge in [-0.1, -0.05) is 24.3 Å². The highest BCUT2D eigenvalue weighted by Crippen LogP contribution is 2.25. The van der Waals surface area contributed by atoms with Crippen molar-refractivity contribution < 1.29 is 9.53 Å². The van der Waals surface area contributed by atoms with Crippen LogP contribution in [0.1, 0.15) is 33.1 Å². The number of hydrogen-bond donors (Lipinski definition) is 2. The maximum Gasteiger partial charge on any atom is 0.251 e. The normalized spacial score (nSPS) is 15.0. The molecule has 0 bridgehead atoms. The summed E-state index contributed by atoms with van der Waals surface area (Å²) in [6.07, 6.45) is 0.871. The Morgan fingerprint density at radius 2 is 2.00 bits per heavy atom. The molecule has 1 amide bonds. The smallest absolute Gasteiger partial charge is 0.251 e. The van der Waals surface area contributed by atoms with Gasteiger partial charge in [0.2, 0.25) is 0 Å². The Balaban J connectivity index is 1.96. The van der Waals surface area contributed by atoms with Crippen LogP contribution in [0.15, 0.2) is 42.5 Å². The molecule has 2 aromatic carbocycles. The first-order chi connectivity index (χ1) is 10.2. The van der Waals surface area contributed by atoms with Gasteiger partial charge in [-0.3, -0.25) is 4.79 Å². The van der Waals surface area contributed by atoms with E-state index in [9.17, 15) is 4.79 Å². The molecule has 2 aromatic rings. The molecule has 0 aliphatic carbocycles. The van der Waals surface area contributed by atoms with Crippen molar-refractivity contribution in [1.82, 2.24) is 5.32 Å². The van der Waals surface area contributed by atoms with E-state index >= 15 is 0 Å². The van der Waals surface area contributed by atoms with Gasteiger partial charge in [-0.25, -0.2) is 0 Å². The molecule has 0 spiro atoms. The molecule has 1 aliphatic heterocycles. The third-order valence-electron chi connectivity index (χ3n) is 3.87. The van der Waals surface area contributed by atoms with Gasteiger partial charge in [0, 0.05) is 12.1 Å². The minimum absolute atomic E-state index is 0.0176. The highest BCUT2D eigenvalue weighted by Gasteiger charge is 2.19. The Kier molecular flexibility index (Phi) is 3.62. The second-order valence-corrected chi connectivity index (χ2v) is 5.18. The molecule has 0 fully saturated rings. The molecule has 3 rings (SSSR count). The van der Waals surface area contributed by atoms with E-state index in [1.54, 1.807) is 7.11 Å². The van der Waals surface area contributed by atoms with Crippen molar-refractivity contribution in [2.75, 3.05) is 13.7 Å². The summed E-state index contributed by atoms with van der Waals surface area (Å²) in [4.78, 5) is 11.9. The lowest BCUT2D eigenvalue weighted by atomic mass is 9.93. The average molecular weight is 282 g/mol. The zero-order valence-electron chi connectivity index (χ0n) is 11.9. The molecule has 0 radical (unpaired) electrons. The molecule has 1 aliphatic rings. The Morgan fingerprint density at radius 3 is 2.81 bits per heavy atom. The van der Waals surface area contributed by atoms with Gasteiger partial charge in [0.1, 0.15) is 5.75 Å². The van der Waals surface area contributed by atoms with E-state index < -0.39 is 0 Å².